The summed E-state index contributed by atoms with van der Waals surface area (Å²) in [5, 5.41) is 3.20. The number of nitrogens with two attached hydrogens (primary N) is 1. The Morgan fingerprint density at radius 1 is 1.25 bits per heavy atom. The van der Waals surface area contributed by atoms with Crippen molar-refractivity contribution in [3.8, 4) is 0 Å². The van der Waals surface area contributed by atoms with E-state index in [9.17, 15) is 9.59 Å². The van der Waals surface area contributed by atoms with Gasteiger partial charge in [-0.25, -0.2) is 9.78 Å². The summed E-state index contributed by atoms with van der Waals surface area (Å²) in [7, 11) is 0. The van der Waals surface area contributed by atoms with Crippen LogP contribution >= 0.6 is 11.3 Å². The SMILES string of the molecule is CCOC(=O)c1ccccc1NC(=O)c1ccc2nc(N)sc2c1. The molecule has 7 heteroatoms. The van der Waals surface area contributed by atoms with Crippen LogP contribution in [0.5, 0.6) is 0 Å². The minimum atomic E-state index is -0.473. The summed E-state index contributed by atoms with van der Waals surface area (Å²) in [6.45, 7) is 2.00. The molecule has 2 aromatic carbocycles. The number of nitrogen functional groups attached to an aromatic ring is 1. The zero-order valence-corrected chi connectivity index (χ0v) is 13.7. The van der Waals surface area contributed by atoms with Crippen LogP contribution in [0.2, 0.25) is 0 Å². The smallest absolute Gasteiger partial charge is 0.340 e. The van der Waals surface area contributed by atoms with Gasteiger partial charge in [-0.15, -0.1) is 0 Å². The number of thiazole rings is 1. The van der Waals surface area contributed by atoms with Gasteiger partial charge in [0.2, 0.25) is 0 Å². The predicted molar refractivity (Wildman–Crippen MR) is 94.4 cm³/mol. The number of fused-ring (bicyclic) bond motifs is 1. The molecule has 6 nitrogen and oxygen atoms in total. The molecule has 0 saturated carbocycles. The molecule has 0 fully saturated rings. The van der Waals surface area contributed by atoms with E-state index in [4.69, 9.17) is 10.5 Å². The van der Waals surface area contributed by atoms with Crippen molar-refractivity contribution in [2.45, 2.75) is 6.92 Å². The van der Waals surface area contributed by atoms with Crippen molar-refractivity contribution in [3.05, 3.63) is 53.6 Å². The van der Waals surface area contributed by atoms with Crippen molar-refractivity contribution >= 4 is 44.2 Å². The molecule has 0 atom stereocenters. The molecule has 0 saturated heterocycles. The normalized spacial score (nSPS) is 10.5. The summed E-state index contributed by atoms with van der Waals surface area (Å²) in [5.41, 5.74) is 7.61. The van der Waals surface area contributed by atoms with Gasteiger partial charge in [-0.05, 0) is 37.3 Å². The number of hydrogen-bond acceptors (Lipinski definition) is 6. The fourth-order valence-corrected chi connectivity index (χ4v) is 3.03. The van der Waals surface area contributed by atoms with Crippen LogP contribution in [0.1, 0.15) is 27.6 Å². The lowest BCUT2D eigenvalue weighted by molar-refractivity contribution is 0.0527. The number of amides is 1. The maximum atomic E-state index is 12.5. The maximum absolute atomic E-state index is 12.5. The second kappa shape index (κ2) is 6.67. The molecule has 0 aliphatic rings. The highest BCUT2D eigenvalue weighted by Gasteiger charge is 2.15. The third-order valence-electron chi connectivity index (χ3n) is 3.34. The van der Waals surface area contributed by atoms with Crippen LogP contribution < -0.4 is 11.1 Å². The minimum absolute atomic E-state index is 0.268. The largest absolute Gasteiger partial charge is 0.462 e. The van der Waals surface area contributed by atoms with Crippen molar-refractivity contribution in [1.29, 1.82) is 0 Å². The fraction of sp³-hybridized carbons (Fsp3) is 0.118. The predicted octanol–water partition coefficient (Wildman–Crippen LogP) is 3.31. The van der Waals surface area contributed by atoms with Crippen molar-refractivity contribution < 1.29 is 14.3 Å². The van der Waals surface area contributed by atoms with Gasteiger partial charge in [-0.2, -0.15) is 0 Å². The molecule has 3 rings (SSSR count). The topological polar surface area (TPSA) is 94.3 Å². The van der Waals surface area contributed by atoms with Gasteiger partial charge < -0.3 is 15.8 Å². The number of nitrogens with one attached hydrogen (secondary N) is 1. The number of para-hydroxylation sites is 1. The van der Waals surface area contributed by atoms with E-state index in [0.717, 1.165) is 10.2 Å². The van der Waals surface area contributed by atoms with Gasteiger partial charge in [0.1, 0.15) is 0 Å². The van der Waals surface area contributed by atoms with E-state index in [2.05, 4.69) is 10.3 Å². The first-order chi connectivity index (χ1) is 11.6. The Labute approximate surface area is 142 Å². The molecule has 122 valence electrons. The number of rotatable bonds is 4. The van der Waals surface area contributed by atoms with E-state index in [0.29, 0.717) is 21.9 Å². The number of carbonyl (C=O) groups is 2. The second-order valence-electron chi connectivity index (χ2n) is 4.95. The van der Waals surface area contributed by atoms with Crippen LogP contribution in [0.3, 0.4) is 0 Å². The molecule has 0 aliphatic carbocycles. The molecule has 0 aliphatic heterocycles. The first-order valence-corrected chi connectivity index (χ1v) is 8.13. The van der Waals surface area contributed by atoms with Crippen molar-refractivity contribution in [2.24, 2.45) is 0 Å². The zero-order valence-electron chi connectivity index (χ0n) is 12.9. The molecule has 0 radical (unpaired) electrons. The minimum Gasteiger partial charge on any atom is -0.462 e. The molecule has 1 amide bonds. The van der Waals surface area contributed by atoms with Gasteiger partial charge in [0.25, 0.3) is 5.91 Å². The Balaban J connectivity index is 1.87. The lowest BCUT2D eigenvalue weighted by atomic mass is 10.1. The lowest BCUT2D eigenvalue weighted by Crippen LogP contribution is -2.15. The Morgan fingerprint density at radius 3 is 2.83 bits per heavy atom. The number of benzene rings is 2. The molecule has 3 aromatic rings. The summed E-state index contributed by atoms with van der Waals surface area (Å²) < 4.78 is 5.84. The van der Waals surface area contributed by atoms with Gasteiger partial charge in [0.05, 0.1) is 28.1 Å². The standard InChI is InChI=1S/C17H15N3O3S/c1-2-23-16(22)11-5-3-4-6-12(11)19-15(21)10-7-8-13-14(9-10)24-17(18)20-13/h3-9H,2H2,1H3,(H2,18,20)(H,19,21). The highest BCUT2D eigenvalue weighted by Crippen LogP contribution is 2.25. The average Bonchev–Trinajstić information content (AvgIpc) is 2.94. The summed E-state index contributed by atoms with van der Waals surface area (Å²) in [5.74, 6) is -0.792. The van der Waals surface area contributed by atoms with Gasteiger partial charge in [-0.1, -0.05) is 23.5 Å². The quantitative estimate of drug-likeness (QED) is 0.710. The Hall–Kier alpha value is -2.93. The highest BCUT2D eigenvalue weighted by atomic mass is 32.1. The molecule has 24 heavy (non-hydrogen) atoms. The summed E-state index contributed by atoms with van der Waals surface area (Å²) >= 11 is 1.32. The monoisotopic (exact) mass is 341 g/mol. The van der Waals surface area contributed by atoms with Crippen LogP contribution in [0.25, 0.3) is 10.2 Å². The number of aromatic nitrogens is 1. The molecule has 1 heterocycles. The number of carbonyl (C=O) groups excluding carboxylic acids is 2. The third-order valence-corrected chi connectivity index (χ3v) is 4.19. The fourth-order valence-electron chi connectivity index (χ4n) is 2.26. The van der Waals surface area contributed by atoms with Gasteiger partial charge in [-0.3, -0.25) is 4.79 Å². The summed E-state index contributed by atoms with van der Waals surface area (Å²) in [4.78, 5) is 28.6. The molecule has 3 N–H and O–H groups in total. The lowest BCUT2D eigenvalue weighted by Gasteiger charge is -2.10. The van der Waals surface area contributed by atoms with Gasteiger partial charge in [0.15, 0.2) is 5.13 Å². The first-order valence-electron chi connectivity index (χ1n) is 7.32. The Morgan fingerprint density at radius 2 is 2.04 bits per heavy atom. The molecule has 0 unspecified atom stereocenters. The van der Waals surface area contributed by atoms with E-state index in [-0.39, 0.29) is 12.5 Å². The molecule has 0 bridgehead atoms. The number of anilines is 2. The number of hydrogen-bond donors (Lipinski definition) is 2. The van der Waals surface area contributed by atoms with Crippen molar-refractivity contribution in [1.82, 2.24) is 4.98 Å². The van der Waals surface area contributed by atoms with E-state index < -0.39 is 5.97 Å². The van der Waals surface area contributed by atoms with Crippen LogP contribution in [0, 0.1) is 0 Å². The zero-order chi connectivity index (χ0) is 17.1. The van der Waals surface area contributed by atoms with Gasteiger partial charge >= 0.3 is 5.97 Å². The molecular formula is C17H15N3O3S. The van der Waals surface area contributed by atoms with Crippen LogP contribution in [-0.4, -0.2) is 23.5 Å². The van der Waals surface area contributed by atoms with Crippen molar-refractivity contribution in [3.63, 3.8) is 0 Å². The van der Waals surface area contributed by atoms with E-state index in [1.54, 1.807) is 49.4 Å². The maximum Gasteiger partial charge on any atom is 0.340 e. The number of ether oxygens (including phenoxy) is 1. The first kappa shape index (κ1) is 15.9. The Bertz CT molecular complexity index is 920. The van der Waals surface area contributed by atoms with Crippen LogP contribution in [0.4, 0.5) is 10.8 Å². The van der Waals surface area contributed by atoms with Crippen LogP contribution in [-0.2, 0) is 4.74 Å². The second-order valence-corrected chi connectivity index (χ2v) is 6.02. The Kier molecular flexibility index (Phi) is 4.43. The third kappa shape index (κ3) is 3.21. The highest BCUT2D eigenvalue weighted by molar-refractivity contribution is 7.22. The summed E-state index contributed by atoms with van der Waals surface area (Å²) in [6, 6.07) is 11.9. The van der Waals surface area contributed by atoms with Crippen molar-refractivity contribution in [2.75, 3.05) is 17.7 Å². The molecule has 0 spiro atoms. The average molecular weight is 341 g/mol. The van der Waals surface area contributed by atoms with Crippen LogP contribution in [0.15, 0.2) is 42.5 Å². The van der Waals surface area contributed by atoms with E-state index in [1.165, 1.54) is 11.3 Å². The molecule has 1 aromatic heterocycles. The van der Waals surface area contributed by atoms with Gasteiger partial charge in [0, 0.05) is 5.56 Å². The number of esters is 1. The number of nitrogens with zero attached hydrogens (tertiary/aromatic N) is 1. The molecular weight excluding hydrogens is 326 g/mol. The summed E-state index contributed by atoms with van der Waals surface area (Å²) in [6.07, 6.45) is 0. The van der Waals surface area contributed by atoms with E-state index in [1.807, 2.05) is 0 Å². The van der Waals surface area contributed by atoms with E-state index >= 15 is 0 Å².